The zero-order valence-corrected chi connectivity index (χ0v) is 15.5. The van der Waals surface area contributed by atoms with Gasteiger partial charge < -0.3 is 14.8 Å². The molecular formula is C22H27N3O. The minimum absolute atomic E-state index is 0.322. The third-order valence-electron chi connectivity index (χ3n) is 5.44. The van der Waals surface area contributed by atoms with Crippen LogP contribution in [0.4, 0.5) is 0 Å². The fraction of sp³-hybridized carbons (Fsp3) is 0.409. The van der Waals surface area contributed by atoms with Gasteiger partial charge in [0, 0.05) is 54.4 Å². The monoisotopic (exact) mass is 349 g/mol. The van der Waals surface area contributed by atoms with Crippen LogP contribution in [0.3, 0.4) is 0 Å². The maximum atomic E-state index is 11.6. The minimum atomic E-state index is 0.322. The van der Waals surface area contributed by atoms with Crippen LogP contribution in [0.25, 0.3) is 21.8 Å². The smallest absolute Gasteiger partial charge is 0.222 e. The zero-order chi connectivity index (χ0) is 17.9. The van der Waals surface area contributed by atoms with Crippen LogP contribution in [0.15, 0.2) is 42.5 Å². The molecule has 4 nitrogen and oxygen atoms in total. The second-order valence-electron chi connectivity index (χ2n) is 7.13. The average molecular weight is 349 g/mol. The second kappa shape index (κ2) is 7.50. The Morgan fingerprint density at radius 2 is 1.92 bits per heavy atom. The molecule has 1 aliphatic rings. The van der Waals surface area contributed by atoms with Crippen LogP contribution in [-0.2, 0) is 17.9 Å². The van der Waals surface area contributed by atoms with Crippen LogP contribution in [0.5, 0.6) is 0 Å². The van der Waals surface area contributed by atoms with E-state index in [1.54, 1.807) is 0 Å². The largest absolute Gasteiger partial charge is 0.343 e. The molecule has 1 aromatic heterocycles. The molecule has 0 radical (unpaired) electrons. The standard InChI is InChI=1S/C22H27N3O/c1-2-25-20-8-4-3-7-18(20)19-15-17(10-11-21(19)25)16-23-12-6-14-24-13-5-9-22(24)26/h3-4,7-8,10-11,15,23H,2,5-6,9,12-14,16H2,1H3. The highest BCUT2D eigenvalue weighted by molar-refractivity contribution is 6.08. The molecular weight excluding hydrogens is 322 g/mol. The lowest BCUT2D eigenvalue weighted by atomic mass is 10.1. The van der Waals surface area contributed by atoms with Gasteiger partial charge in [0.05, 0.1) is 0 Å². The molecule has 0 bridgehead atoms. The number of amides is 1. The molecule has 1 aliphatic heterocycles. The number of hydrogen-bond donors (Lipinski definition) is 1. The van der Waals surface area contributed by atoms with Crippen molar-refractivity contribution >= 4 is 27.7 Å². The molecule has 1 saturated heterocycles. The third kappa shape index (κ3) is 3.21. The lowest BCUT2D eigenvalue weighted by Gasteiger charge is -2.15. The fourth-order valence-corrected chi connectivity index (χ4v) is 4.12. The van der Waals surface area contributed by atoms with Gasteiger partial charge in [-0.15, -0.1) is 0 Å². The van der Waals surface area contributed by atoms with Crippen molar-refractivity contribution < 1.29 is 4.79 Å². The first-order valence-electron chi connectivity index (χ1n) is 9.76. The number of aromatic nitrogens is 1. The van der Waals surface area contributed by atoms with E-state index in [9.17, 15) is 4.79 Å². The number of nitrogens with one attached hydrogen (secondary N) is 1. The van der Waals surface area contributed by atoms with E-state index in [4.69, 9.17) is 0 Å². The molecule has 0 spiro atoms. The Bertz CT molecular complexity index is 928. The predicted molar refractivity (Wildman–Crippen MR) is 107 cm³/mol. The lowest BCUT2D eigenvalue weighted by molar-refractivity contribution is -0.127. The summed E-state index contributed by atoms with van der Waals surface area (Å²) in [5.74, 6) is 0.322. The summed E-state index contributed by atoms with van der Waals surface area (Å²) >= 11 is 0. The molecule has 0 unspecified atom stereocenters. The van der Waals surface area contributed by atoms with Gasteiger partial charge in [0.25, 0.3) is 0 Å². The van der Waals surface area contributed by atoms with Gasteiger partial charge in [0.1, 0.15) is 0 Å². The van der Waals surface area contributed by atoms with Gasteiger partial charge in [-0.1, -0.05) is 24.3 Å². The number of carbonyl (C=O) groups excluding carboxylic acids is 1. The number of benzene rings is 2. The number of aryl methyl sites for hydroxylation is 1. The van der Waals surface area contributed by atoms with Crippen LogP contribution in [0.2, 0.25) is 0 Å². The van der Waals surface area contributed by atoms with E-state index >= 15 is 0 Å². The van der Waals surface area contributed by atoms with Crippen LogP contribution in [-0.4, -0.2) is 35.0 Å². The van der Waals surface area contributed by atoms with Crippen molar-refractivity contribution in [2.45, 2.75) is 39.3 Å². The summed E-state index contributed by atoms with van der Waals surface area (Å²) in [6.45, 7) is 6.82. The van der Waals surface area contributed by atoms with Crippen molar-refractivity contribution in [1.29, 1.82) is 0 Å². The molecule has 1 N–H and O–H groups in total. The van der Waals surface area contributed by atoms with E-state index in [-0.39, 0.29) is 0 Å². The summed E-state index contributed by atoms with van der Waals surface area (Å²) < 4.78 is 2.38. The first-order valence-corrected chi connectivity index (χ1v) is 9.76. The highest BCUT2D eigenvalue weighted by Gasteiger charge is 2.18. The Balaban J connectivity index is 1.41. The molecule has 136 valence electrons. The summed E-state index contributed by atoms with van der Waals surface area (Å²) in [6.07, 6.45) is 2.78. The molecule has 4 heteroatoms. The predicted octanol–water partition coefficient (Wildman–Crippen LogP) is 3.92. The van der Waals surface area contributed by atoms with E-state index in [0.717, 1.165) is 52.0 Å². The van der Waals surface area contributed by atoms with Crippen LogP contribution in [0.1, 0.15) is 31.7 Å². The van der Waals surface area contributed by atoms with E-state index in [0.29, 0.717) is 5.91 Å². The van der Waals surface area contributed by atoms with Crippen molar-refractivity contribution in [2.24, 2.45) is 0 Å². The van der Waals surface area contributed by atoms with Gasteiger partial charge in [-0.25, -0.2) is 0 Å². The Morgan fingerprint density at radius 1 is 1.08 bits per heavy atom. The van der Waals surface area contributed by atoms with E-state index < -0.39 is 0 Å². The van der Waals surface area contributed by atoms with Gasteiger partial charge >= 0.3 is 0 Å². The SMILES string of the molecule is CCn1c2ccccc2c2cc(CNCCCN3CCCC3=O)ccc21. The molecule has 0 saturated carbocycles. The number of hydrogen-bond acceptors (Lipinski definition) is 2. The molecule has 3 aromatic rings. The normalized spacial score (nSPS) is 14.8. The molecule has 2 aromatic carbocycles. The van der Waals surface area contributed by atoms with Crippen molar-refractivity contribution in [3.8, 4) is 0 Å². The maximum absolute atomic E-state index is 11.6. The number of para-hydroxylation sites is 1. The van der Waals surface area contributed by atoms with Gasteiger partial charge in [-0.3, -0.25) is 4.79 Å². The molecule has 1 amide bonds. The maximum Gasteiger partial charge on any atom is 0.222 e. The van der Waals surface area contributed by atoms with Gasteiger partial charge in [-0.2, -0.15) is 0 Å². The van der Waals surface area contributed by atoms with E-state index in [2.05, 4.69) is 59.3 Å². The first-order chi connectivity index (χ1) is 12.8. The number of rotatable bonds is 7. The third-order valence-corrected chi connectivity index (χ3v) is 5.44. The van der Waals surface area contributed by atoms with Crippen molar-refractivity contribution in [3.05, 3.63) is 48.0 Å². The summed E-state index contributed by atoms with van der Waals surface area (Å²) in [5, 5.41) is 6.20. The fourth-order valence-electron chi connectivity index (χ4n) is 4.12. The Labute approximate surface area is 154 Å². The summed E-state index contributed by atoms with van der Waals surface area (Å²) in [4.78, 5) is 13.6. The second-order valence-corrected chi connectivity index (χ2v) is 7.13. The molecule has 0 aliphatic carbocycles. The highest BCUT2D eigenvalue weighted by Crippen LogP contribution is 2.29. The van der Waals surface area contributed by atoms with Gasteiger partial charge in [0.15, 0.2) is 0 Å². The number of nitrogens with zero attached hydrogens (tertiary/aromatic N) is 2. The van der Waals surface area contributed by atoms with Gasteiger partial charge in [-0.05, 0) is 50.1 Å². The number of carbonyl (C=O) groups is 1. The Morgan fingerprint density at radius 3 is 2.73 bits per heavy atom. The minimum Gasteiger partial charge on any atom is -0.343 e. The quantitative estimate of drug-likeness (QED) is 0.657. The lowest BCUT2D eigenvalue weighted by Crippen LogP contribution is -2.28. The first kappa shape index (κ1) is 17.1. The number of likely N-dealkylation sites (tertiary alicyclic amines) is 1. The van der Waals surface area contributed by atoms with Crippen LogP contribution in [0, 0.1) is 0 Å². The summed E-state index contributed by atoms with van der Waals surface area (Å²) in [6, 6.07) is 15.4. The average Bonchev–Trinajstić information content (AvgIpc) is 3.22. The van der Waals surface area contributed by atoms with Gasteiger partial charge in [0.2, 0.25) is 5.91 Å². The van der Waals surface area contributed by atoms with Crippen molar-refractivity contribution in [3.63, 3.8) is 0 Å². The number of fused-ring (bicyclic) bond motifs is 3. The molecule has 1 fully saturated rings. The molecule has 26 heavy (non-hydrogen) atoms. The van der Waals surface area contributed by atoms with E-state index in [1.165, 1.54) is 27.4 Å². The van der Waals surface area contributed by atoms with Crippen molar-refractivity contribution in [1.82, 2.24) is 14.8 Å². The van der Waals surface area contributed by atoms with Crippen LogP contribution < -0.4 is 5.32 Å². The molecule has 4 rings (SSSR count). The molecule has 2 heterocycles. The van der Waals surface area contributed by atoms with Crippen LogP contribution >= 0.6 is 0 Å². The Kier molecular flexibility index (Phi) is 4.93. The topological polar surface area (TPSA) is 37.3 Å². The van der Waals surface area contributed by atoms with E-state index in [1.807, 2.05) is 4.90 Å². The molecule has 0 atom stereocenters. The summed E-state index contributed by atoms with van der Waals surface area (Å²) in [7, 11) is 0. The zero-order valence-electron chi connectivity index (χ0n) is 15.5. The highest BCUT2D eigenvalue weighted by atomic mass is 16.2. The summed E-state index contributed by atoms with van der Waals surface area (Å²) in [5.41, 5.74) is 3.93. The van der Waals surface area contributed by atoms with Crippen molar-refractivity contribution in [2.75, 3.05) is 19.6 Å². The Hall–Kier alpha value is -2.33.